The maximum absolute atomic E-state index is 10.1. The van der Waals surface area contributed by atoms with Crippen molar-refractivity contribution in [1.29, 1.82) is 0 Å². The predicted molar refractivity (Wildman–Crippen MR) is 86.8 cm³/mol. The van der Waals surface area contributed by atoms with Gasteiger partial charge in [-0.1, -0.05) is 35.0 Å². The molecule has 4 heteroatoms. The summed E-state index contributed by atoms with van der Waals surface area (Å²) in [6, 6.07) is 7.87. The molecule has 20 heavy (non-hydrogen) atoms. The summed E-state index contributed by atoms with van der Waals surface area (Å²) in [6.45, 7) is 7.52. The number of nitrogens with one attached hydrogen (secondary N) is 1. The molecule has 0 amide bonds. The average molecular weight is 341 g/mol. The minimum absolute atomic E-state index is 0.438. The maximum atomic E-state index is 10.1. The Balaban J connectivity index is 1.66. The van der Waals surface area contributed by atoms with E-state index < -0.39 is 6.10 Å². The number of hydrogen-bond acceptors (Lipinski definition) is 3. The molecule has 2 atom stereocenters. The van der Waals surface area contributed by atoms with Crippen LogP contribution in [0, 0.1) is 5.92 Å². The van der Waals surface area contributed by atoms with Crippen LogP contribution in [0.4, 0.5) is 0 Å². The topological polar surface area (TPSA) is 35.5 Å². The van der Waals surface area contributed by atoms with Crippen molar-refractivity contribution in [3.63, 3.8) is 0 Å². The van der Waals surface area contributed by atoms with E-state index in [0.717, 1.165) is 16.6 Å². The Labute approximate surface area is 130 Å². The fraction of sp³-hybridized carbons (Fsp3) is 0.625. The van der Waals surface area contributed by atoms with Crippen molar-refractivity contribution < 1.29 is 5.11 Å². The van der Waals surface area contributed by atoms with E-state index in [1.165, 1.54) is 32.5 Å². The molecule has 0 bridgehead atoms. The van der Waals surface area contributed by atoms with Crippen LogP contribution < -0.4 is 5.32 Å². The maximum Gasteiger partial charge on any atom is 0.0914 e. The first-order valence-corrected chi connectivity index (χ1v) is 8.31. The number of halogens is 1. The van der Waals surface area contributed by atoms with Gasteiger partial charge in [0.05, 0.1) is 6.10 Å². The van der Waals surface area contributed by atoms with Crippen LogP contribution in [0.25, 0.3) is 0 Å². The third-order valence-electron chi connectivity index (χ3n) is 3.83. The van der Waals surface area contributed by atoms with Gasteiger partial charge in [0, 0.05) is 17.6 Å². The van der Waals surface area contributed by atoms with Crippen LogP contribution in [0.1, 0.15) is 31.4 Å². The van der Waals surface area contributed by atoms with Crippen molar-refractivity contribution in [1.82, 2.24) is 10.2 Å². The van der Waals surface area contributed by atoms with Crippen molar-refractivity contribution in [2.75, 3.05) is 32.7 Å². The highest BCUT2D eigenvalue weighted by atomic mass is 79.9. The Morgan fingerprint density at radius 3 is 2.75 bits per heavy atom. The minimum atomic E-state index is -0.438. The summed E-state index contributed by atoms with van der Waals surface area (Å²) in [6.07, 6.45) is 2.26. The first-order chi connectivity index (χ1) is 9.65. The minimum Gasteiger partial charge on any atom is -0.387 e. The Bertz CT molecular complexity index is 407. The largest absolute Gasteiger partial charge is 0.387 e. The molecule has 112 valence electrons. The van der Waals surface area contributed by atoms with E-state index in [0.29, 0.717) is 12.5 Å². The molecule has 0 saturated carbocycles. The zero-order valence-corrected chi connectivity index (χ0v) is 13.8. The second-order valence-electron chi connectivity index (χ2n) is 5.84. The highest BCUT2D eigenvalue weighted by Gasteiger charge is 2.15. The van der Waals surface area contributed by atoms with Crippen molar-refractivity contribution in [2.45, 2.75) is 25.9 Å². The van der Waals surface area contributed by atoms with E-state index in [4.69, 9.17) is 0 Å². The van der Waals surface area contributed by atoms with Crippen LogP contribution in [0.2, 0.25) is 0 Å². The second-order valence-corrected chi connectivity index (χ2v) is 6.76. The number of aliphatic hydroxyl groups is 1. The molecule has 1 aliphatic rings. The average Bonchev–Trinajstić information content (AvgIpc) is 2.91. The van der Waals surface area contributed by atoms with Crippen molar-refractivity contribution in [3.8, 4) is 0 Å². The third kappa shape index (κ3) is 5.17. The number of aliphatic hydroxyl groups excluding tert-OH is 1. The fourth-order valence-electron chi connectivity index (χ4n) is 2.77. The number of hydrogen-bond donors (Lipinski definition) is 2. The van der Waals surface area contributed by atoms with Crippen LogP contribution in [0.5, 0.6) is 0 Å². The molecule has 2 unspecified atom stereocenters. The molecule has 0 aliphatic carbocycles. The summed E-state index contributed by atoms with van der Waals surface area (Å²) in [7, 11) is 0. The summed E-state index contributed by atoms with van der Waals surface area (Å²) in [5.74, 6) is 0.628. The van der Waals surface area contributed by atoms with Crippen LogP contribution in [-0.4, -0.2) is 42.7 Å². The molecule has 2 N–H and O–H groups in total. The molecular formula is C16H25BrN2O. The second kappa shape index (κ2) is 8.13. The predicted octanol–water partition coefficient (Wildman–Crippen LogP) is 2.80. The quantitative estimate of drug-likeness (QED) is 0.801. The number of benzene rings is 1. The molecule has 2 rings (SSSR count). The summed E-state index contributed by atoms with van der Waals surface area (Å²) in [4.78, 5) is 2.54. The molecule has 1 fully saturated rings. The Hall–Kier alpha value is -0.420. The molecule has 1 saturated heterocycles. The molecule has 1 aromatic rings. The van der Waals surface area contributed by atoms with Gasteiger partial charge in [-0.15, -0.1) is 0 Å². The van der Waals surface area contributed by atoms with Crippen LogP contribution in [0.3, 0.4) is 0 Å². The summed E-state index contributed by atoms with van der Waals surface area (Å²) >= 11 is 3.43. The monoisotopic (exact) mass is 340 g/mol. The van der Waals surface area contributed by atoms with Crippen LogP contribution >= 0.6 is 15.9 Å². The van der Waals surface area contributed by atoms with Gasteiger partial charge in [-0.3, -0.25) is 0 Å². The smallest absolute Gasteiger partial charge is 0.0914 e. The number of likely N-dealkylation sites (tertiary alicyclic amines) is 1. The Kier molecular flexibility index (Phi) is 6.49. The van der Waals surface area contributed by atoms with E-state index >= 15 is 0 Å². The standard InChI is InChI=1S/C16H25BrN2O/c1-13(12-19-7-2-3-8-19)10-18-11-16(20)14-5-4-6-15(17)9-14/h4-6,9,13,16,18,20H,2-3,7-8,10-12H2,1H3. The first-order valence-electron chi connectivity index (χ1n) is 7.52. The van der Waals surface area contributed by atoms with E-state index in [-0.39, 0.29) is 0 Å². The lowest BCUT2D eigenvalue weighted by atomic mass is 10.1. The van der Waals surface area contributed by atoms with Gasteiger partial charge < -0.3 is 15.3 Å². The molecular weight excluding hydrogens is 316 g/mol. The van der Waals surface area contributed by atoms with Gasteiger partial charge in [0.15, 0.2) is 0 Å². The van der Waals surface area contributed by atoms with Crippen molar-refractivity contribution >= 4 is 15.9 Å². The van der Waals surface area contributed by atoms with Gasteiger partial charge in [-0.05, 0) is 56.1 Å². The van der Waals surface area contributed by atoms with Crippen molar-refractivity contribution in [3.05, 3.63) is 34.3 Å². The fourth-order valence-corrected chi connectivity index (χ4v) is 3.19. The lowest BCUT2D eigenvalue weighted by molar-refractivity contribution is 0.171. The molecule has 0 spiro atoms. The molecule has 1 aliphatic heterocycles. The highest BCUT2D eigenvalue weighted by Crippen LogP contribution is 2.17. The van der Waals surface area contributed by atoms with Gasteiger partial charge in [0.1, 0.15) is 0 Å². The number of rotatable bonds is 7. The van der Waals surface area contributed by atoms with E-state index in [2.05, 4.69) is 33.1 Å². The van der Waals surface area contributed by atoms with Crippen LogP contribution in [0.15, 0.2) is 28.7 Å². The molecule has 3 nitrogen and oxygen atoms in total. The van der Waals surface area contributed by atoms with Gasteiger partial charge >= 0.3 is 0 Å². The van der Waals surface area contributed by atoms with Gasteiger partial charge in [0.2, 0.25) is 0 Å². The van der Waals surface area contributed by atoms with Crippen molar-refractivity contribution in [2.24, 2.45) is 5.92 Å². The first kappa shape index (κ1) is 16.0. The summed E-state index contributed by atoms with van der Waals surface area (Å²) < 4.78 is 1.01. The summed E-state index contributed by atoms with van der Waals surface area (Å²) in [5.41, 5.74) is 0.957. The van der Waals surface area contributed by atoms with E-state index in [1.807, 2.05) is 24.3 Å². The van der Waals surface area contributed by atoms with E-state index in [9.17, 15) is 5.11 Å². The Morgan fingerprint density at radius 2 is 2.05 bits per heavy atom. The SMILES string of the molecule is CC(CNCC(O)c1cccc(Br)c1)CN1CCCC1. The molecule has 1 heterocycles. The Morgan fingerprint density at radius 1 is 1.30 bits per heavy atom. The van der Waals surface area contributed by atoms with Gasteiger partial charge in [-0.25, -0.2) is 0 Å². The normalized spacial score (nSPS) is 19.1. The third-order valence-corrected chi connectivity index (χ3v) is 4.33. The molecule has 0 radical (unpaired) electrons. The van der Waals surface area contributed by atoms with Gasteiger partial charge in [-0.2, -0.15) is 0 Å². The lowest BCUT2D eigenvalue weighted by Gasteiger charge is -2.21. The molecule has 0 aromatic heterocycles. The zero-order valence-electron chi connectivity index (χ0n) is 12.2. The number of nitrogens with zero attached hydrogens (tertiary/aromatic N) is 1. The molecule has 1 aromatic carbocycles. The lowest BCUT2D eigenvalue weighted by Crippen LogP contribution is -2.33. The van der Waals surface area contributed by atoms with Crippen LogP contribution in [-0.2, 0) is 0 Å². The zero-order chi connectivity index (χ0) is 14.4. The summed E-state index contributed by atoms with van der Waals surface area (Å²) in [5, 5.41) is 13.5. The highest BCUT2D eigenvalue weighted by molar-refractivity contribution is 9.10. The van der Waals surface area contributed by atoms with E-state index in [1.54, 1.807) is 0 Å². The van der Waals surface area contributed by atoms with Gasteiger partial charge in [0.25, 0.3) is 0 Å².